The minimum Gasteiger partial charge on any atom is -0.486 e. The van der Waals surface area contributed by atoms with Crippen LogP contribution in [0.25, 0.3) is 0 Å². The van der Waals surface area contributed by atoms with Crippen LogP contribution in [0, 0.1) is 13.8 Å². The Balaban J connectivity index is 1.26. The van der Waals surface area contributed by atoms with Gasteiger partial charge in [-0.15, -0.1) is 0 Å². The van der Waals surface area contributed by atoms with E-state index in [4.69, 9.17) is 9.47 Å². The number of fused-ring (bicyclic) bond motifs is 1. The number of nitrogens with one attached hydrogen (secondary N) is 1. The summed E-state index contributed by atoms with van der Waals surface area (Å²) in [6, 6.07) is 17.6. The van der Waals surface area contributed by atoms with Crippen molar-refractivity contribution in [3.05, 3.63) is 83.2 Å². The van der Waals surface area contributed by atoms with Gasteiger partial charge in [0.2, 0.25) is 0 Å². The molecule has 2 atom stereocenters. The zero-order chi connectivity index (χ0) is 24.5. The SMILES string of the molecule is Cc1cc(C(=O)CN2C(=O)NC(Cc3ccccc3)C2=O)c(C)n1CC1COc2ccccc2O1. The Morgan fingerprint density at radius 2 is 1.74 bits per heavy atom. The van der Waals surface area contributed by atoms with Crippen molar-refractivity contribution in [1.82, 2.24) is 14.8 Å². The maximum Gasteiger partial charge on any atom is 0.325 e. The number of urea groups is 1. The van der Waals surface area contributed by atoms with E-state index in [1.54, 1.807) is 6.07 Å². The van der Waals surface area contributed by atoms with E-state index >= 15 is 0 Å². The number of rotatable bonds is 7. The Hall–Kier alpha value is -4.07. The quantitative estimate of drug-likeness (QED) is 0.420. The summed E-state index contributed by atoms with van der Waals surface area (Å²) in [5.74, 6) is 0.762. The van der Waals surface area contributed by atoms with Gasteiger partial charge in [-0.1, -0.05) is 42.5 Å². The first-order chi connectivity index (χ1) is 16.9. The molecule has 2 aliphatic heterocycles. The standard InChI is InChI=1S/C27H27N3O5/c1-17-12-21(18(2)29(17)14-20-16-34-24-10-6-7-11-25(24)35-20)23(31)15-30-26(32)22(28-27(30)33)13-19-8-4-3-5-9-19/h3-12,20,22H,13-16H2,1-2H3,(H,28,33). The highest BCUT2D eigenvalue weighted by Crippen LogP contribution is 2.31. The van der Waals surface area contributed by atoms with Crippen molar-refractivity contribution in [2.75, 3.05) is 13.2 Å². The van der Waals surface area contributed by atoms with Crippen molar-refractivity contribution >= 4 is 17.7 Å². The van der Waals surface area contributed by atoms with Crippen molar-refractivity contribution in [2.45, 2.75) is 39.0 Å². The normalized spacial score (nSPS) is 19.1. The number of aryl methyl sites for hydroxylation is 1. The number of para-hydroxylation sites is 2. The highest BCUT2D eigenvalue weighted by molar-refractivity contribution is 6.09. The van der Waals surface area contributed by atoms with Crippen LogP contribution in [-0.4, -0.2) is 52.5 Å². The molecule has 1 fully saturated rings. The molecule has 1 N–H and O–H groups in total. The topological polar surface area (TPSA) is 89.9 Å². The zero-order valence-corrected chi connectivity index (χ0v) is 19.7. The maximum absolute atomic E-state index is 13.2. The first-order valence-electron chi connectivity index (χ1n) is 11.6. The minimum atomic E-state index is -0.670. The van der Waals surface area contributed by atoms with E-state index in [0.29, 0.717) is 30.9 Å². The fraction of sp³-hybridized carbons (Fsp3) is 0.296. The number of imide groups is 1. The van der Waals surface area contributed by atoms with Gasteiger partial charge in [0.05, 0.1) is 13.1 Å². The predicted molar refractivity (Wildman–Crippen MR) is 129 cm³/mol. The maximum atomic E-state index is 13.2. The third kappa shape index (κ3) is 4.51. The van der Waals surface area contributed by atoms with Gasteiger partial charge in [0.15, 0.2) is 23.4 Å². The van der Waals surface area contributed by atoms with Gasteiger partial charge < -0.3 is 19.4 Å². The van der Waals surface area contributed by atoms with Gasteiger partial charge in [0.1, 0.15) is 12.6 Å². The molecule has 2 aromatic carbocycles. The predicted octanol–water partition coefficient (Wildman–Crippen LogP) is 3.29. The summed E-state index contributed by atoms with van der Waals surface area (Å²) in [7, 11) is 0. The first-order valence-corrected chi connectivity index (χ1v) is 11.6. The molecule has 0 saturated carbocycles. The van der Waals surface area contributed by atoms with Crippen LogP contribution < -0.4 is 14.8 Å². The lowest BCUT2D eigenvalue weighted by atomic mass is 10.1. The Morgan fingerprint density at radius 1 is 1.03 bits per heavy atom. The molecule has 5 rings (SSSR count). The van der Waals surface area contributed by atoms with E-state index < -0.39 is 12.1 Å². The average molecular weight is 474 g/mol. The summed E-state index contributed by atoms with van der Waals surface area (Å²) in [5, 5.41) is 2.70. The smallest absolute Gasteiger partial charge is 0.325 e. The van der Waals surface area contributed by atoms with Crippen molar-refractivity contribution in [2.24, 2.45) is 0 Å². The van der Waals surface area contributed by atoms with Crippen molar-refractivity contribution in [1.29, 1.82) is 0 Å². The summed E-state index contributed by atoms with van der Waals surface area (Å²) >= 11 is 0. The number of benzene rings is 2. The molecule has 180 valence electrons. The molecular weight excluding hydrogens is 446 g/mol. The first kappa shape index (κ1) is 22.7. The Labute approximate surface area is 203 Å². The number of ketones is 1. The summed E-state index contributed by atoms with van der Waals surface area (Å²) < 4.78 is 13.9. The molecule has 1 aromatic heterocycles. The second kappa shape index (κ2) is 9.29. The molecule has 0 spiro atoms. The van der Waals surface area contributed by atoms with E-state index in [1.807, 2.05) is 73.0 Å². The number of carbonyl (C=O) groups is 3. The third-order valence-electron chi connectivity index (χ3n) is 6.52. The van der Waals surface area contributed by atoms with Gasteiger partial charge >= 0.3 is 6.03 Å². The van der Waals surface area contributed by atoms with Gasteiger partial charge in [-0.2, -0.15) is 0 Å². The van der Waals surface area contributed by atoms with Crippen LogP contribution in [0.4, 0.5) is 4.79 Å². The number of ether oxygens (including phenoxy) is 2. The van der Waals surface area contributed by atoms with Gasteiger partial charge in [-0.05, 0) is 37.6 Å². The van der Waals surface area contributed by atoms with E-state index in [1.165, 1.54) is 0 Å². The molecule has 35 heavy (non-hydrogen) atoms. The molecule has 3 amide bonds. The number of carbonyl (C=O) groups excluding carboxylic acids is 3. The summed E-state index contributed by atoms with van der Waals surface area (Å²) in [6.45, 7) is 4.41. The Kier molecular flexibility index (Phi) is 6.03. The molecule has 3 heterocycles. The fourth-order valence-corrected chi connectivity index (χ4v) is 4.66. The van der Waals surface area contributed by atoms with Gasteiger partial charge in [0.25, 0.3) is 5.91 Å². The van der Waals surface area contributed by atoms with Crippen LogP contribution in [0.5, 0.6) is 11.5 Å². The van der Waals surface area contributed by atoms with Crippen LogP contribution >= 0.6 is 0 Å². The average Bonchev–Trinajstić information content (AvgIpc) is 3.29. The summed E-state index contributed by atoms with van der Waals surface area (Å²) in [4.78, 5) is 39.5. The molecule has 2 aliphatic rings. The van der Waals surface area contributed by atoms with Crippen molar-refractivity contribution in [3.8, 4) is 11.5 Å². The Morgan fingerprint density at radius 3 is 2.51 bits per heavy atom. The van der Waals surface area contributed by atoms with E-state index in [-0.39, 0.29) is 24.3 Å². The summed E-state index contributed by atoms with van der Waals surface area (Å²) in [5.41, 5.74) is 3.10. The lowest BCUT2D eigenvalue weighted by Gasteiger charge is -2.27. The highest BCUT2D eigenvalue weighted by atomic mass is 16.6. The second-order valence-electron chi connectivity index (χ2n) is 8.93. The van der Waals surface area contributed by atoms with Crippen LogP contribution in [0.15, 0.2) is 60.7 Å². The molecule has 8 heteroatoms. The van der Waals surface area contributed by atoms with Gasteiger partial charge in [-0.3, -0.25) is 14.5 Å². The molecule has 1 saturated heterocycles. The second-order valence-corrected chi connectivity index (χ2v) is 8.93. The number of nitrogens with zero attached hydrogens (tertiary/aromatic N) is 2. The van der Waals surface area contributed by atoms with Gasteiger partial charge in [-0.25, -0.2) is 4.79 Å². The number of aromatic nitrogens is 1. The molecule has 3 aromatic rings. The van der Waals surface area contributed by atoms with Crippen LogP contribution in [-0.2, 0) is 17.8 Å². The number of hydrogen-bond donors (Lipinski definition) is 1. The molecule has 8 nitrogen and oxygen atoms in total. The number of Topliss-reactive ketones (excluding diaryl/α,β-unsaturated/α-hetero) is 1. The molecule has 0 aliphatic carbocycles. The number of amides is 3. The van der Waals surface area contributed by atoms with Crippen LogP contribution in [0.2, 0.25) is 0 Å². The lowest BCUT2D eigenvalue weighted by Crippen LogP contribution is -2.36. The zero-order valence-electron chi connectivity index (χ0n) is 19.7. The van der Waals surface area contributed by atoms with Crippen molar-refractivity contribution in [3.63, 3.8) is 0 Å². The molecular formula is C27H27N3O5. The molecule has 2 unspecified atom stereocenters. The molecule has 0 bridgehead atoms. The summed E-state index contributed by atoms with van der Waals surface area (Å²) in [6.07, 6.45) is 0.180. The van der Waals surface area contributed by atoms with E-state index in [9.17, 15) is 14.4 Å². The Bertz CT molecular complexity index is 1280. The van der Waals surface area contributed by atoms with Crippen molar-refractivity contribution < 1.29 is 23.9 Å². The van der Waals surface area contributed by atoms with Gasteiger partial charge in [0, 0.05) is 23.4 Å². The fourth-order valence-electron chi connectivity index (χ4n) is 4.66. The molecule has 0 radical (unpaired) electrons. The van der Waals surface area contributed by atoms with E-state index in [2.05, 4.69) is 5.32 Å². The monoisotopic (exact) mass is 473 g/mol. The minimum absolute atomic E-state index is 0.206. The highest BCUT2D eigenvalue weighted by Gasteiger charge is 2.39. The largest absolute Gasteiger partial charge is 0.486 e. The number of hydrogen-bond acceptors (Lipinski definition) is 5. The van der Waals surface area contributed by atoms with Crippen LogP contribution in [0.1, 0.15) is 27.3 Å². The third-order valence-corrected chi connectivity index (χ3v) is 6.52. The lowest BCUT2D eigenvalue weighted by molar-refractivity contribution is -0.127. The van der Waals surface area contributed by atoms with Crippen LogP contribution in [0.3, 0.4) is 0 Å². The van der Waals surface area contributed by atoms with E-state index in [0.717, 1.165) is 27.6 Å².